The number of halogens is 6. The minimum absolute atomic E-state index is 0.0208. The second-order valence-electron chi connectivity index (χ2n) is 10.5. The van der Waals surface area contributed by atoms with Crippen LogP contribution in [0.15, 0.2) is 48.7 Å². The summed E-state index contributed by atoms with van der Waals surface area (Å²) in [6, 6.07) is 8.07. The highest BCUT2D eigenvalue weighted by Gasteiger charge is 2.41. The number of benzene rings is 2. The summed E-state index contributed by atoms with van der Waals surface area (Å²) in [5.41, 5.74) is -4.56. The number of aromatic nitrogens is 2. The predicted octanol–water partition coefficient (Wildman–Crippen LogP) is 6.89. The highest BCUT2D eigenvalue weighted by molar-refractivity contribution is 6.01. The van der Waals surface area contributed by atoms with Gasteiger partial charge in [0.05, 0.1) is 29.3 Å². The summed E-state index contributed by atoms with van der Waals surface area (Å²) >= 11 is 0. The van der Waals surface area contributed by atoms with Crippen LogP contribution in [0.2, 0.25) is 0 Å². The van der Waals surface area contributed by atoms with Gasteiger partial charge in [0.15, 0.2) is 0 Å². The number of ether oxygens (including phenoxy) is 2. The second kappa shape index (κ2) is 12.6. The summed E-state index contributed by atoms with van der Waals surface area (Å²) in [4.78, 5) is 25.2. The first-order valence-electron chi connectivity index (χ1n) is 12.9. The highest BCUT2D eigenvalue weighted by atomic mass is 19.4. The minimum Gasteiger partial charge on any atom is -0.463 e. The van der Waals surface area contributed by atoms with Crippen molar-refractivity contribution in [3.05, 3.63) is 70.9 Å². The van der Waals surface area contributed by atoms with Crippen LogP contribution in [-0.2, 0) is 22.6 Å². The third-order valence-corrected chi connectivity index (χ3v) is 6.50. The molecule has 0 aliphatic carbocycles. The third kappa shape index (κ3) is 7.90. The highest BCUT2D eigenvalue weighted by Crippen LogP contribution is 2.40. The van der Waals surface area contributed by atoms with Crippen LogP contribution < -0.4 is 14.4 Å². The van der Waals surface area contributed by atoms with E-state index in [-0.39, 0.29) is 23.6 Å². The Morgan fingerprint density at radius 3 is 2.02 bits per heavy atom. The number of hydrogen-bond acceptors (Lipinski definition) is 6. The first-order valence-corrected chi connectivity index (χ1v) is 12.9. The van der Waals surface area contributed by atoms with Gasteiger partial charge in [0.1, 0.15) is 11.4 Å². The molecule has 3 rings (SSSR count). The molecule has 13 heteroatoms. The summed E-state index contributed by atoms with van der Waals surface area (Å²) in [5, 5.41) is 0. The molecule has 0 aliphatic heterocycles. The number of rotatable bonds is 10. The molecule has 0 saturated heterocycles. The Hall–Kier alpha value is -3.87. The number of nitrogens with zero attached hydrogens (tertiary/aromatic N) is 4. The molecular weight excluding hydrogens is 566 g/mol. The Bertz CT molecular complexity index is 1370. The summed E-state index contributed by atoms with van der Waals surface area (Å²) < 4.78 is 92.8. The van der Waals surface area contributed by atoms with E-state index in [9.17, 15) is 31.1 Å². The van der Waals surface area contributed by atoms with Gasteiger partial charge in [-0.3, -0.25) is 4.79 Å². The molecule has 3 aromatic rings. The monoisotopic (exact) mass is 598 g/mol. The zero-order valence-electron chi connectivity index (χ0n) is 24.0. The summed E-state index contributed by atoms with van der Waals surface area (Å²) in [6.45, 7) is 5.32. The molecule has 0 fully saturated rings. The molecule has 1 aromatic heterocycles. The van der Waals surface area contributed by atoms with Crippen molar-refractivity contribution in [2.45, 2.75) is 45.0 Å². The van der Waals surface area contributed by atoms with Crippen molar-refractivity contribution in [2.75, 3.05) is 39.2 Å². The maximum absolute atomic E-state index is 13.7. The smallest absolute Gasteiger partial charge is 0.416 e. The average Bonchev–Trinajstić information content (AvgIpc) is 2.90. The van der Waals surface area contributed by atoms with Crippen molar-refractivity contribution in [3.63, 3.8) is 0 Å². The van der Waals surface area contributed by atoms with E-state index in [2.05, 4.69) is 9.97 Å². The van der Waals surface area contributed by atoms with Crippen LogP contribution in [0.4, 0.5) is 32.0 Å². The van der Waals surface area contributed by atoms with E-state index in [1.807, 2.05) is 19.0 Å². The lowest BCUT2D eigenvalue weighted by Crippen LogP contribution is -2.42. The number of amides is 1. The molecule has 0 unspecified atom stereocenters. The van der Waals surface area contributed by atoms with E-state index >= 15 is 0 Å². The lowest BCUT2D eigenvalue weighted by atomic mass is 9.81. The molecule has 228 valence electrons. The number of likely N-dealkylation sites (N-methyl/N-ethyl adjacent to an activating group) is 1. The molecule has 0 N–H and O–H groups in total. The molecule has 42 heavy (non-hydrogen) atoms. The van der Waals surface area contributed by atoms with E-state index in [1.54, 1.807) is 31.2 Å². The van der Waals surface area contributed by atoms with Crippen molar-refractivity contribution < 1.29 is 40.6 Å². The fourth-order valence-electron chi connectivity index (χ4n) is 4.01. The van der Waals surface area contributed by atoms with E-state index < -0.39 is 40.4 Å². The number of alkyl halides is 6. The van der Waals surface area contributed by atoms with Crippen LogP contribution in [0.3, 0.4) is 0 Å². The maximum Gasteiger partial charge on any atom is 0.416 e. The third-order valence-electron chi connectivity index (χ3n) is 6.50. The Balaban J connectivity index is 2.02. The van der Waals surface area contributed by atoms with Crippen molar-refractivity contribution >= 4 is 11.6 Å². The topological polar surface area (TPSA) is 67.8 Å². The van der Waals surface area contributed by atoms with Crippen LogP contribution >= 0.6 is 0 Å². The first kappa shape index (κ1) is 32.6. The van der Waals surface area contributed by atoms with Gasteiger partial charge >= 0.3 is 18.4 Å². The summed E-state index contributed by atoms with van der Waals surface area (Å²) in [7, 11) is 5.14. The Labute approximate surface area is 240 Å². The summed E-state index contributed by atoms with van der Waals surface area (Å²) in [6.07, 6.45) is -8.20. The molecule has 1 heterocycles. The summed E-state index contributed by atoms with van der Waals surface area (Å²) in [5.74, 6) is -0.509. The molecular formula is C29H32F6N4O3. The average molecular weight is 599 g/mol. The van der Waals surface area contributed by atoms with Gasteiger partial charge in [0.25, 0.3) is 0 Å². The van der Waals surface area contributed by atoms with Gasteiger partial charge in [-0.2, -0.15) is 31.3 Å². The quantitative estimate of drug-likeness (QED) is 0.187. The van der Waals surface area contributed by atoms with Crippen LogP contribution in [0.1, 0.15) is 42.5 Å². The fraction of sp³-hybridized carbons (Fsp3) is 0.414. The second-order valence-corrected chi connectivity index (χ2v) is 10.5. The normalized spacial score (nSPS) is 12.4. The molecule has 1 amide bonds. The predicted molar refractivity (Wildman–Crippen MR) is 145 cm³/mol. The SMILES string of the molecule is Cc1ccccc1Oc1nc(OCCCN(C)C)ncc1N(C)C(=O)C(C)(C)c1cc(C(F)(F)F)cc(C(F)(F)F)c1. The maximum atomic E-state index is 13.7. The zero-order chi connectivity index (χ0) is 31.5. The fourth-order valence-corrected chi connectivity index (χ4v) is 4.01. The van der Waals surface area contributed by atoms with Gasteiger partial charge in [0, 0.05) is 13.6 Å². The molecule has 0 spiro atoms. The number of aryl methyl sites for hydroxylation is 1. The number of anilines is 1. The van der Waals surface area contributed by atoms with Gasteiger partial charge in [-0.15, -0.1) is 0 Å². The molecule has 0 radical (unpaired) electrons. The van der Waals surface area contributed by atoms with Crippen molar-refractivity contribution in [3.8, 4) is 17.6 Å². The Kier molecular flexibility index (Phi) is 9.76. The molecule has 0 saturated carbocycles. The van der Waals surface area contributed by atoms with Crippen LogP contribution in [-0.4, -0.2) is 55.1 Å². The van der Waals surface area contributed by atoms with Crippen molar-refractivity contribution in [1.29, 1.82) is 0 Å². The zero-order valence-corrected chi connectivity index (χ0v) is 24.0. The minimum atomic E-state index is -5.06. The Morgan fingerprint density at radius 2 is 1.48 bits per heavy atom. The van der Waals surface area contributed by atoms with E-state index in [1.165, 1.54) is 27.1 Å². The molecule has 0 aliphatic rings. The van der Waals surface area contributed by atoms with Crippen LogP contribution in [0, 0.1) is 6.92 Å². The molecule has 2 aromatic carbocycles. The first-order chi connectivity index (χ1) is 19.4. The van der Waals surface area contributed by atoms with E-state index in [4.69, 9.17) is 9.47 Å². The molecule has 0 bridgehead atoms. The lowest BCUT2D eigenvalue weighted by Gasteiger charge is -2.31. The van der Waals surface area contributed by atoms with Gasteiger partial charge in [-0.25, -0.2) is 4.98 Å². The number of carbonyl (C=O) groups excluding carboxylic acids is 1. The number of hydrogen-bond donors (Lipinski definition) is 0. The van der Waals surface area contributed by atoms with E-state index in [0.717, 1.165) is 17.0 Å². The van der Waals surface area contributed by atoms with Crippen LogP contribution in [0.25, 0.3) is 0 Å². The molecule has 0 atom stereocenters. The lowest BCUT2D eigenvalue weighted by molar-refractivity contribution is -0.143. The van der Waals surface area contributed by atoms with Gasteiger partial charge in [-0.1, -0.05) is 18.2 Å². The van der Waals surface area contributed by atoms with Gasteiger partial charge < -0.3 is 19.3 Å². The number of carbonyl (C=O) groups is 1. The standard InChI is InChI=1S/C29H32F6N4O3/c1-18-10-7-8-11-23(18)42-24-22(17-36-26(37-24)41-13-9-12-38(4)5)39(6)25(40)27(2,3)19-14-20(28(30,31)32)16-21(15-19)29(33,34)35/h7-8,10-11,14-17H,9,12-13H2,1-6H3. The van der Waals surface area contributed by atoms with Gasteiger partial charge in [0.2, 0.25) is 11.8 Å². The van der Waals surface area contributed by atoms with E-state index in [0.29, 0.717) is 30.9 Å². The largest absolute Gasteiger partial charge is 0.463 e. The molecule has 7 nitrogen and oxygen atoms in total. The van der Waals surface area contributed by atoms with Crippen LogP contribution in [0.5, 0.6) is 17.6 Å². The number of para-hydroxylation sites is 1. The van der Waals surface area contributed by atoms with Crippen molar-refractivity contribution in [2.24, 2.45) is 0 Å². The Morgan fingerprint density at radius 1 is 0.905 bits per heavy atom. The van der Waals surface area contributed by atoms with Crippen molar-refractivity contribution in [1.82, 2.24) is 14.9 Å². The van der Waals surface area contributed by atoms with Gasteiger partial charge in [-0.05, 0) is 76.7 Å².